The standard InChI is InChI=1S/C10H14N4O3/c1-7(11)6-12-10(15)13-8-2-4-9(5-3-8)14(16)17/h2-5,7H,6,11H2,1H3,(H2,12,13,15). The van der Waals surface area contributed by atoms with Crippen LogP contribution in [0, 0.1) is 10.1 Å². The molecule has 0 aliphatic carbocycles. The number of hydrogen-bond acceptors (Lipinski definition) is 4. The van der Waals surface area contributed by atoms with Gasteiger partial charge in [0.1, 0.15) is 0 Å². The summed E-state index contributed by atoms with van der Waals surface area (Å²) in [6, 6.07) is 5.05. The van der Waals surface area contributed by atoms with Crippen LogP contribution in [0.3, 0.4) is 0 Å². The average molecular weight is 238 g/mol. The molecule has 0 aromatic heterocycles. The van der Waals surface area contributed by atoms with E-state index in [0.717, 1.165) is 0 Å². The maximum absolute atomic E-state index is 11.3. The maximum atomic E-state index is 11.3. The summed E-state index contributed by atoms with van der Waals surface area (Å²) in [5.74, 6) is 0. The molecule has 0 saturated heterocycles. The molecule has 1 aromatic rings. The van der Waals surface area contributed by atoms with E-state index in [1.807, 2.05) is 0 Å². The van der Waals surface area contributed by atoms with Crippen LogP contribution in [0.15, 0.2) is 24.3 Å². The Balaban J connectivity index is 2.51. The normalized spacial score (nSPS) is 11.6. The molecule has 7 nitrogen and oxygen atoms in total. The van der Waals surface area contributed by atoms with Gasteiger partial charge in [-0.1, -0.05) is 0 Å². The first-order chi connectivity index (χ1) is 7.99. The highest BCUT2D eigenvalue weighted by Crippen LogP contribution is 2.14. The Morgan fingerprint density at radius 2 is 2.06 bits per heavy atom. The molecule has 0 spiro atoms. The van der Waals surface area contributed by atoms with E-state index in [-0.39, 0.29) is 11.7 Å². The Morgan fingerprint density at radius 1 is 1.47 bits per heavy atom. The van der Waals surface area contributed by atoms with Crippen molar-refractivity contribution in [1.82, 2.24) is 5.32 Å². The smallest absolute Gasteiger partial charge is 0.319 e. The number of nitrogens with one attached hydrogen (secondary N) is 2. The van der Waals surface area contributed by atoms with E-state index in [4.69, 9.17) is 5.73 Å². The fourth-order valence-electron chi connectivity index (χ4n) is 1.10. The molecular formula is C10H14N4O3. The van der Waals surface area contributed by atoms with Crippen molar-refractivity contribution in [3.63, 3.8) is 0 Å². The van der Waals surface area contributed by atoms with Gasteiger partial charge in [-0.25, -0.2) is 4.79 Å². The number of carbonyl (C=O) groups is 1. The SMILES string of the molecule is CC(N)CNC(=O)Nc1ccc([N+](=O)[O-])cc1. The highest BCUT2D eigenvalue weighted by atomic mass is 16.6. The van der Waals surface area contributed by atoms with Gasteiger partial charge in [0, 0.05) is 30.4 Å². The molecule has 1 aromatic carbocycles. The average Bonchev–Trinajstić information content (AvgIpc) is 2.27. The number of anilines is 1. The molecule has 0 saturated carbocycles. The molecule has 0 fully saturated rings. The van der Waals surface area contributed by atoms with Gasteiger partial charge in [-0.05, 0) is 19.1 Å². The molecule has 1 rings (SSSR count). The van der Waals surface area contributed by atoms with Crippen molar-refractivity contribution in [2.75, 3.05) is 11.9 Å². The Morgan fingerprint density at radius 3 is 2.53 bits per heavy atom. The van der Waals surface area contributed by atoms with Gasteiger partial charge in [-0.3, -0.25) is 10.1 Å². The summed E-state index contributed by atoms with van der Waals surface area (Å²) in [7, 11) is 0. The number of amides is 2. The van der Waals surface area contributed by atoms with Gasteiger partial charge in [-0.2, -0.15) is 0 Å². The minimum absolute atomic E-state index is 0.0217. The highest BCUT2D eigenvalue weighted by molar-refractivity contribution is 5.89. The third-order valence-electron chi connectivity index (χ3n) is 1.92. The molecule has 0 radical (unpaired) electrons. The zero-order valence-electron chi connectivity index (χ0n) is 9.34. The fourth-order valence-corrected chi connectivity index (χ4v) is 1.10. The van der Waals surface area contributed by atoms with Crippen molar-refractivity contribution in [2.45, 2.75) is 13.0 Å². The number of nitrogens with zero attached hydrogens (tertiary/aromatic N) is 1. The predicted molar refractivity (Wildman–Crippen MR) is 63.8 cm³/mol. The third-order valence-corrected chi connectivity index (χ3v) is 1.92. The van der Waals surface area contributed by atoms with Crippen LogP contribution >= 0.6 is 0 Å². The summed E-state index contributed by atoms with van der Waals surface area (Å²) < 4.78 is 0. The van der Waals surface area contributed by atoms with Gasteiger partial charge in [0.25, 0.3) is 5.69 Å². The van der Waals surface area contributed by atoms with E-state index >= 15 is 0 Å². The van der Waals surface area contributed by atoms with E-state index in [0.29, 0.717) is 12.2 Å². The molecule has 4 N–H and O–H groups in total. The third kappa shape index (κ3) is 4.47. The van der Waals surface area contributed by atoms with Crippen molar-refractivity contribution in [2.24, 2.45) is 5.73 Å². The van der Waals surface area contributed by atoms with Crippen molar-refractivity contribution >= 4 is 17.4 Å². The molecule has 92 valence electrons. The first kappa shape index (κ1) is 12.9. The summed E-state index contributed by atoms with van der Waals surface area (Å²) in [4.78, 5) is 21.2. The van der Waals surface area contributed by atoms with E-state index < -0.39 is 11.0 Å². The Bertz CT molecular complexity index is 403. The van der Waals surface area contributed by atoms with Crippen LogP contribution in [0.5, 0.6) is 0 Å². The van der Waals surface area contributed by atoms with Crippen molar-refractivity contribution in [1.29, 1.82) is 0 Å². The van der Waals surface area contributed by atoms with Gasteiger partial charge in [0.15, 0.2) is 0 Å². The van der Waals surface area contributed by atoms with Crippen LogP contribution in [-0.2, 0) is 0 Å². The van der Waals surface area contributed by atoms with Crippen LogP contribution < -0.4 is 16.4 Å². The summed E-state index contributed by atoms with van der Waals surface area (Å²) in [5.41, 5.74) is 5.93. The molecule has 0 heterocycles. The van der Waals surface area contributed by atoms with E-state index in [9.17, 15) is 14.9 Å². The lowest BCUT2D eigenvalue weighted by atomic mass is 10.3. The quantitative estimate of drug-likeness (QED) is 0.538. The second-order valence-corrected chi connectivity index (χ2v) is 3.62. The number of nitro groups is 1. The van der Waals surface area contributed by atoms with Gasteiger partial charge >= 0.3 is 6.03 Å². The summed E-state index contributed by atoms with van der Waals surface area (Å²) in [6.45, 7) is 2.13. The number of non-ortho nitro benzene ring substituents is 1. The fraction of sp³-hybridized carbons (Fsp3) is 0.300. The molecule has 0 aliphatic heterocycles. The number of urea groups is 1. The monoisotopic (exact) mass is 238 g/mol. The van der Waals surface area contributed by atoms with E-state index in [1.165, 1.54) is 24.3 Å². The van der Waals surface area contributed by atoms with Crippen LogP contribution in [-0.4, -0.2) is 23.5 Å². The lowest BCUT2D eigenvalue weighted by Crippen LogP contribution is -2.37. The van der Waals surface area contributed by atoms with Crippen LogP contribution in [0.2, 0.25) is 0 Å². The van der Waals surface area contributed by atoms with Crippen molar-refractivity contribution in [3.8, 4) is 0 Å². The molecule has 0 aliphatic rings. The number of nitro benzene ring substituents is 1. The highest BCUT2D eigenvalue weighted by Gasteiger charge is 2.06. The number of hydrogen-bond donors (Lipinski definition) is 3. The number of nitrogens with two attached hydrogens (primary N) is 1. The van der Waals surface area contributed by atoms with Gasteiger partial charge in [0.05, 0.1) is 4.92 Å². The molecule has 2 amide bonds. The predicted octanol–water partition coefficient (Wildman–Crippen LogP) is 1.06. The van der Waals surface area contributed by atoms with E-state index in [2.05, 4.69) is 10.6 Å². The van der Waals surface area contributed by atoms with Crippen LogP contribution in [0.25, 0.3) is 0 Å². The topological polar surface area (TPSA) is 110 Å². The molecule has 0 bridgehead atoms. The van der Waals surface area contributed by atoms with Gasteiger partial charge in [-0.15, -0.1) is 0 Å². The minimum Gasteiger partial charge on any atom is -0.336 e. The molecule has 1 unspecified atom stereocenters. The number of benzene rings is 1. The van der Waals surface area contributed by atoms with Gasteiger partial charge < -0.3 is 16.4 Å². The molecular weight excluding hydrogens is 224 g/mol. The lowest BCUT2D eigenvalue weighted by Gasteiger charge is -2.09. The van der Waals surface area contributed by atoms with E-state index in [1.54, 1.807) is 6.92 Å². The molecule has 17 heavy (non-hydrogen) atoms. The first-order valence-electron chi connectivity index (χ1n) is 5.04. The summed E-state index contributed by atoms with van der Waals surface area (Å²) in [6.07, 6.45) is 0. The first-order valence-corrected chi connectivity index (χ1v) is 5.04. The second-order valence-electron chi connectivity index (χ2n) is 3.62. The summed E-state index contributed by atoms with van der Waals surface area (Å²) in [5, 5.41) is 15.5. The number of rotatable bonds is 4. The van der Waals surface area contributed by atoms with Crippen molar-refractivity contribution < 1.29 is 9.72 Å². The maximum Gasteiger partial charge on any atom is 0.319 e. The Kier molecular flexibility index (Phi) is 4.41. The Hall–Kier alpha value is -2.15. The largest absolute Gasteiger partial charge is 0.336 e. The van der Waals surface area contributed by atoms with Crippen LogP contribution in [0.4, 0.5) is 16.2 Å². The molecule has 7 heteroatoms. The number of carbonyl (C=O) groups excluding carboxylic acids is 1. The molecule has 1 atom stereocenters. The van der Waals surface area contributed by atoms with Crippen LogP contribution in [0.1, 0.15) is 6.92 Å². The lowest BCUT2D eigenvalue weighted by molar-refractivity contribution is -0.384. The summed E-state index contributed by atoms with van der Waals surface area (Å²) >= 11 is 0. The minimum atomic E-state index is -0.500. The Labute approximate surface area is 98.1 Å². The zero-order valence-corrected chi connectivity index (χ0v) is 9.34. The second kappa shape index (κ2) is 5.80. The van der Waals surface area contributed by atoms with Gasteiger partial charge in [0.2, 0.25) is 0 Å². The van der Waals surface area contributed by atoms with Crippen molar-refractivity contribution in [3.05, 3.63) is 34.4 Å². The zero-order chi connectivity index (χ0) is 12.8.